The molecule has 2 unspecified atom stereocenters. The molecule has 1 aromatic rings. The minimum absolute atomic E-state index is 0.295. The molecule has 1 saturated heterocycles. The monoisotopic (exact) mass is 439 g/mol. The van der Waals surface area contributed by atoms with E-state index in [1.807, 2.05) is 0 Å². The molecule has 2 atom stereocenters. The Morgan fingerprint density at radius 3 is 2.47 bits per heavy atom. The fourth-order valence-corrected chi connectivity index (χ4v) is 5.69. The number of nitrogens with two attached hydrogens (primary N) is 1. The molecule has 1 aliphatic heterocycles. The maximum Gasteiger partial charge on any atom is 0.0432 e. The fraction of sp³-hybridized carbons (Fsp3) is 0.724. The highest BCUT2D eigenvalue weighted by Crippen LogP contribution is 2.29. The van der Waals surface area contributed by atoms with Gasteiger partial charge in [0.05, 0.1) is 0 Å². The summed E-state index contributed by atoms with van der Waals surface area (Å²) >= 11 is 0. The van der Waals surface area contributed by atoms with Crippen molar-refractivity contribution in [3.63, 3.8) is 0 Å². The SMILES string of the molecule is CC(C)=CCN(c1ccc(CCC2CCCCC2)cc1)C1CCN(CC(N)CC(C)C)C1. The van der Waals surface area contributed by atoms with E-state index in [4.69, 9.17) is 5.73 Å². The first kappa shape index (κ1) is 25.3. The number of rotatable bonds is 11. The number of hydrogen-bond acceptors (Lipinski definition) is 3. The van der Waals surface area contributed by atoms with Gasteiger partial charge < -0.3 is 10.6 Å². The van der Waals surface area contributed by atoms with Crippen LogP contribution in [0, 0.1) is 11.8 Å². The van der Waals surface area contributed by atoms with Crippen molar-refractivity contribution in [3.05, 3.63) is 41.5 Å². The van der Waals surface area contributed by atoms with Crippen molar-refractivity contribution in [2.45, 2.75) is 97.6 Å². The number of benzene rings is 1. The van der Waals surface area contributed by atoms with Crippen molar-refractivity contribution in [1.82, 2.24) is 4.90 Å². The van der Waals surface area contributed by atoms with Crippen molar-refractivity contribution in [2.24, 2.45) is 17.6 Å². The Morgan fingerprint density at radius 2 is 1.81 bits per heavy atom. The standard InChI is InChI=1S/C29H49N3/c1-23(2)16-19-32(29-17-18-31(22-29)21-27(30)20-24(3)4)28-14-12-26(13-15-28)11-10-25-8-6-5-7-9-25/h12-16,24-25,27,29H,5-11,17-22,30H2,1-4H3. The molecule has 3 heteroatoms. The maximum absolute atomic E-state index is 6.42. The van der Waals surface area contributed by atoms with Gasteiger partial charge in [-0.25, -0.2) is 0 Å². The van der Waals surface area contributed by atoms with E-state index in [9.17, 15) is 0 Å². The third-order valence-corrected chi connectivity index (χ3v) is 7.49. The Balaban J connectivity index is 1.59. The lowest BCUT2D eigenvalue weighted by molar-refractivity contribution is 0.292. The predicted octanol–water partition coefficient (Wildman–Crippen LogP) is 6.42. The van der Waals surface area contributed by atoms with Crippen molar-refractivity contribution < 1.29 is 0 Å². The Kier molecular flexibility index (Phi) is 10.1. The molecule has 2 fully saturated rings. The molecular weight excluding hydrogens is 390 g/mol. The summed E-state index contributed by atoms with van der Waals surface area (Å²) < 4.78 is 0. The second-order valence-electron chi connectivity index (χ2n) is 11.2. The van der Waals surface area contributed by atoms with Crippen LogP contribution >= 0.6 is 0 Å². The van der Waals surface area contributed by atoms with Gasteiger partial charge in [-0.1, -0.05) is 69.7 Å². The second-order valence-corrected chi connectivity index (χ2v) is 11.2. The van der Waals surface area contributed by atoms with Crippen LogP contribution in [0.5, 0.6) is 0 Å². The number of allylic oxidation sites excluding steroid dienone is 1. The first-order valence-electron chi connectivity index (χ1n) is 13.4. The van der Waals surface area contributed by atoms with Crippen LogP contribution < -0.4 is 10.6 Å². The van der Waals surface area contributed by atoms with Gasteiger partial charge in [-0.2, -0.15) is 0 Å². The van der Waals surface area contributed by atoms with Gasteiger partial charge in [0.25, 0.3) is 0 Å². The summed E-state index contributed by atoms with van der Waals surface area (Å²) in [6.07, 6.45) is 14.6. The summed E-state index contributed by atoms with van der Waals surface area (Å²) in [5.74, 6) is 1.64. The molecule has 3 nitrogen and oxygen atoms in total. The smallest absolute Gasteiger partial charge is 0.0432 e. The molecule has 180 valence electrons. The van der Waals surface area contributed by atoms with Gasteiger partial charge in [0, 0.05) is 44.0 Å². The number of anilines is 1. The van der Waals surface area contributed by atoms with Crippen molar-refractivity contribution in [1.29, 1.82) is 0 Å². The Labute approximate surface area is 198 Å². The normalized spacial score (nSPS) is 21.1. The molecule has 0 aromatic heterocycles. The van der Waals surface area contributed by atoms with Crippen molar-refractivity contribution in [2.75, 3.05) is 31.1 Å². The molecule has 32 heavy (non-hydrogen) atoms. The zero-order chi connectivity index (χ0) is 22.9. The molecule has 0 spiro atoms. The van der Waals surface area contributed by atoms with Crippen LogP contribution in [-0.2, 0) is 6.42 Å². The first-order chi connectivity index (χ1) is 15.4. The quantitative estimate of drug-likeness (QED) is 0.404. The molecule has 0 radical (unpaired) electrons. The molecular formula is C29H49N3. The average molecular weight is 440 g/mol. The highest BCUT2D eigenvalue weighted by atomic mass is 15.3. The second kappa shape index (κ2) is 12.8. The number of nitrogens with zero attached hydrogens (tertiary/aromatic N) is 2. The predicted molar refractivity (Wildman–Crippen MR) is 140 cm³/mol. The summed E-state index contributed by atoms with van der Waals surface area (Å²) in [5, 5.41) is 0. The summed E-state index contributed by atoms with van der Waals surface area (Å²) in [6.45, 7) is 13.3. The van der Waals surface area contributed by atoms with E-state index >= 15 is 0 Å². The van der Waals surface area contributed by atoms with Gasteiger partial charge in [-0.05, 0) is 69.1 Å². The van der Waals surface area contributed by atoms with Crippen LogP contribution in [0.15, 0.2) is 35.9 Å². The molecule has 1 aliphatic carbocycles. The van der Waals surface area contributed by atoms with Gasteiger partial charge in [-0.3, -0.25) is 4.90 Å². The lowest BCUT2D eigenvalue weighted by Crippen LogP contribution is -2.41. The van der Waals surface area contributed by atoms with Crippen LogP contribution in [0.2, 0.25) is 0 Å². The molecule has 0 bridgehead atoms. The van der Waals surface area contributed by atoms with Crippen LogP contribution in [-0.4, -0.2) is 43.2 Å². The zero-order valence-electron chi connectivity index (χ0n) is 21.4. The number of likely N-dealkylation sites (tertiary alicyclic amines) is 1. The molecule has 2 N–H and O–H groups in total. The third-order valence-electron chi connectivity index (χ3n) is 7.49. The molecule has 1 saturated carbocycles. The Morgan fingerprint density at radius 1 is 1.09 bits per heavy atom. The lowest BCUT2D eigenvalue weighted by Gasteiger charge is -2.31. The third kappa shape index (κ3) is 8.23. The van der Waals surface area contributed by atoms with E-state index in [0.717, 1.165) is 32.0 Å². The van der Waals surface area contributed by atoms with E-state index in [2.05, 4.69) is 67.8 Å². The molecule has 0 amide bonds. The van der Waals surface area contributed by atoms with E-state index < -0.39 is 0 Å². The van der Waals surface area contributed by atoms with Crippen LogP contribution in [0.4, 0.5) is 5.69 Å². The van der Waals surface area contributed by atoms with E-state index in [1.165, 1.54) is 74.7 Å². The highest BCUT2D eigenvalue weighted by molar-refractivity contribution is 5.50. The van der Waals surface area contributed by atoms with Crippen molar-refractivity contribution in [3.8, 4) is 0 Å². The molecule has 3 rings (SSSR count). The summed E-state index contributed by atoms with van der Waals surface area (Å²) in [7, 11) is 0. The summed E-state index contributed by atoms with van der Waals surface area (Å²) in [4.78, 5) is 5.22. The fourth-order valence-electron chi connectivity index (χ4n) is 5.69. The Hall–Kier alpha value is -1.32. The largest absolute Gasteiger partial charge is 0.363 e. The summed E-state index contributed by atoms with van der Waals surface area (Å²) in [5.41, 5.74) is 10.7. The van der Waals surface area contributed by atoms with E-state index in [0.29, 0.717) is 18.0 Å². The first-order valence-corrected chi connectivity index (χ1v) is 13.4. The average Bonchev–Trinajstić information content (AvgIpc) is 3.21. The minimum Gasteiger partial charge on any atom is -0.363 e. The lowest BCUT2D eigenvalue weighted by atomic mass is 9.85. The topological polar surface area (TPSA) is 32.5 Å². The van der Waals surface area contributed by atoms with Gasteiger partial charge in [0.1, 0.15) is 0 Å². The minimum atomic E-state index is 0.295. The summed E-state index contributed by atoms with van der Waals surface area (Å²) in [6, 6.07) is 10.4. The van der Waals surface area contributed by atoms with E-state index in [1.54, 1.807) is 0 Å². The zero-order valence-corrected chi connectivity index (χ0v) is 21.4. The number of aryl methyl sites for hydroxylation is 1. The van der Waals surface area contributed by atoms with Gasteiger partial charge in [-0.15, -0.1) is 0 Å². The van der Waals surface area contributed by atoms with Crippen LogP contribution in [0.25, 0.3) is 0 Å². The highest BCUT2D eigenvalue weighted by Gasteiger charge is 2.28. The molecule has 1 heterocycles. The van der Waals surface area contributed by atoms with Crippen LogP contribution in [0.1, 0.15) is 84.6 Å². The molecule has 1 aromatic carbocycles. The van der Waals surface area contributed by atoms with Crippen molar-refractivity contribution >= 4 is 5.69 Å². The maximum atomic E-state index is 6.42. The molecule has 2 aliphatic rings. The Bertz CT molecular complexity index is 683. The number of hydrogen-bond donors (Lipinski definition) is 1. The van der Waals surface area contributed by atoms with Gasteiger partial charge in [0.2, 0.25) is 0 Å². The van der Waals surface area contributed by atoms with E-state index in [-0.39, 0.29) is 0 Å². The van der Waals surface area contributed by atoms with Gasteiger partial charge >= 0.3 is 0 Å². The van der Waals surface area contributed by atoms with Gasteiger partial charge in [0.15, 0.2) is 0 Å². The van der Waals surface area contributed by atoms with Crippen LogP contribution in [0.3, 0.4) is 0 Å².